The molecule has 3 heteroatoms. The molecule has 11 rings (SSSR count). The Kier molecular flexibility index (Phi) is 6.16. The molecule has 2 aromatic heterocycles. The lowest BCUT2D eigenvalue weighted by molar-refractivity contribution is 0.673. The standard InChI is InChI=1S/C48H29NOS/c1-2-10-33-26-37(21-16-30(33)8-1)49(36-19-17-32(18-20-36)40-15-7-13-31-9-5-6-14-39(31)40)38-22-24-45-43(29-38)47-46(51-45)25-23-41-42-27-34-11-3-4-12-35(34)28-44(42)50-48(41)47/h1-29H. The fourth-order valence-electron chi connectivity index (χ4n) is 7.94. The summed E-state index contributed by atoms with van der Waals surface area (Å²) in [6, 6.07) is 63.9. The minimum atomic E-state index is 0.927. The second-order valence-electron chi connectivity index (χ2n) is 13.3. The van der Waals surface area contributed by atoms with Crippen molar-refractivity contribution in [3.63, 3.8) is 0 Å². The van der Waals surface area contributed by atoms with E-state index in [4.69, 9.17) is 4.42 Å². The van der Waals surface area contributed by atoms with Crippen LogP contribution in [0.25, 0.3) is 85.6 Å². The van der Waals surface area contributed by atoms with Crippen LogP contribution in [-0.2, 0) is 0 Å². The number of hydrogen-bond donors (Lipinski definition) is 0. The van der Waals surface area contributed by atoms with E-state index in [2.05, 4.69) is 181 Å². The lowest BCUT2D eigenvalue weighted by atomic mass is 9.98. The average molecular weight is 668 g/mol. The van der Waals surface area contributed by atoms with Gasteiger partial charge in [-0.25, -0.2) is 0 Å². The van der Waals surface area contributed by atoms with Gasteiger partial charge in [-0.15, -0.1) is 11.3 Å². The van der Waals surface area contributed by atoms with E-state index in [1.54, 1.807) is 0 Å². The molecule has 9 aromatic carbocycles. The Labute approximate surface area is 298 Å². The Bertz CT molecular complexity index is 3140. The van der Waals surface area contributed by atoms with Crippen molar-refractivity contribution in [1.82, 2.24) is 0 Å². The van der Waals surface area contributed by atoms with Crippen molar-refractivity contribution >= 4 is 103 Å². The highest BCUT2D eigenvalue weighted by molar-refractivity contribution is 7.26. The fourth-order valence-corrected chi connectivity index (χ4v) is 9.02. The molecule has 0 radical (unpaired) electrons. The number of nitrogens with zero attached hydrogens (tertiary/aromatic N) is 1. The van der Waals surface area contributed by atoms with Gasteiger partial charge in [-0.2, -0.15) is 0 Å². The van der Waals surface area contributed by atoms with Gasteiger partial charge in [0.2, 0.25) is 0 Å². The zero-order valence-corrected chi connectivity index (χ0v) is 28.3. The van der Waals surface area contributed by atoms with Crippen molar-refractivity contribution in [1.29, 1.82) is 0 Å². The van der Waals surface area contributed by atoms with E-state index in [9.17, 15) is 0 Å². The number of anilines is 3. The monoisotopic (exact) mass is 667 g/mol. The van der Waals surface area contributed by atoms with E-state index < -0.39 is 0 Å². The van der Waals surface area contributed by atoms with Crippen molar-refractivity contribution in [2.24, 2.45) is 0 Å². The minimum absolute atomic E-state index is 0.927. The molecular weight excluding hydrogens is 639 g/mol. The predicted octanol–water partition coefficient (Wildman–Crippen LogP) is 14.6. The maximum absolute atomic E-state index is 6.74. The highest BCUT2D eigenvalue weighted by atomic mass is 32.1. The van der Waals surface area contributed by atoms with Crippen LogP contribution in [0.1, 0.15) is 0 Å². The summed E-state index contributed by atoms with van der Waals surface area (Å²) in [6.07, 6.45) is 0. The van der Waals surface area contributed by atoms with Gasteiger partial charge < -0.3 is 9.32 Å². The number of rotatable bonds is 4. The predicted molar refractivity (Wildman–Crippen MR) is 219 cm³/mol. The largest absolute Gasteiger partial charge is 0.455 e. The van der Waals surface area contributed by atoms with Gasteiger partial charge in [0.25, 0.3) is 0 Å². The Morgan fingerprint density at radius 1 is 0.392 bits per heavy atom. The molecule has 0 saturated carbocycles. The van der Waals surface area contributed by atoms with Crippen molar-refractivity contribution in [2.75, 3.05) is 4.90 Å². The first-order valence-corrected chi connectivity index (χ1v) is 18.1. The van der Waals surface area contributed by atoms with Crippen LogP contribution >= 0.6 is 11.3 Å². The third-order valence-corrected chi connectivity index (χ3v) is 11.5. The highest BCUT2D eigenvalue weighted by Crippen LogP contribution is 2.45. The molecule has 11 aromatic rings. The number of fused-ring (bicyclic) bond motifs is 10. The topological polar surface area (TPSA) is 16.4 Å². The lowest BCUT2D eigenvalue weighted by Crippen LogP contribution is -2.09. The van der Waals surface area contributed by atoms with Gasteiger partial charge >= 0.3 is 0 Å². The summed E-state index contributed by atoms with van der Waals surface area (Å²) in [7, 11) is 0. The number of hydrogen-bond acceptors (Lipinski definition) is 3. The number of benzene rings is 9. The smallest absolute Gasteiger partial charge is 0.144 e. The van der Waals surface area contributed by atoms with Gasteiger partial charge in [-0.05, 0) is 110 Å². The maximum Gasteiger partial charge on any atom is 0.144 e. The Morgan fingerprint density at radius 3 is 1.88 bits per heavy atom. The lowest BCUT2D eigenvalue weighted by Gasteiger charge is -2.26. The number of thiophene rings is 1. The zero-order chi connectivity index (χ0) is 33.5. The van der Waals surface area contributed by atoms with Crippen molar-refractivity contribution in [2.45, 2.75) is 0 Å². The van der Waals surface area contributed by atoms with E-state index in [1.807, 2.05) is 11.3 Å². The first kappa shape index (κ1) is 28.4. The molecule has 0 atom stereocenters. The summed E-state index contributed by atoms with van der Waals surface area (Å²) in [6.45, 7) is 0. The van der Waals surface area contributed by atoms with Crippen LogP contribution in [0.4, 0.5) is 17.1 Å². The third kappa shape index (κ3) is 4.49. The van der Waals surface area contributed by atoms with E-state index >= 15 is 0 Å². The second-order valence-corrected chi connectivity index (χ2v) is 14.4. The molecule has 2 nitrogen and oxygen atoms in total. The molecule has 238 valence electrons. The molecule has 0 fully saturated rings. The van der Waals surface area contributed by atoms with Crippen LogP contribution in [-0.4, -0.2) is 0 Å². The van der Waals surface area contributed by atoms with Crippen LogP contribution in [0.5, 0.6) is 0 Å². The van der Waals surface area contributed by atoms with Crippen molar-refractivity contribution < 1.29 is 4.42 Å². The zero-order valence-electron chi connectivity index (χ0n) is 27.5. The first-order valence-electron chi connectivity index (χ1n) is 17.3. The summed E-state index contributed by atoms with van der Waals surface area (Å²) in [4.78, 5) is 2.38. The van der Waals surface area contributed by atoms with Crippen LogP contribution in [0, 0.1) is 0 Å². The molecule has 0 aliphatic carbocycles. The van der Waals surface area contributed by atoms with Gasteiger partial charge in [0.15, 0.2) is 0 Å². The average Bonchev–Trinajstić information content (AvgIpc) is 3.74. The molecule has 0 aliphatic rings. The van der Waals surface area contributed by atoms with Crippen molar-refractivity contribution in [3.05, 3.63) is 176 Å². The van der Waals surface area contributed by atoms with Gasteiger partial charge in [-0.3, -0.25) is 0 Å². The van der Waals surface area contributed by atoms with E-state index in [1.165, 1.54) is 63.6 Å². The molecule has 0 saturated heterocycles. The SMILES string of the molecule is c1ccc2cc(N(c3ccc(-c4cccc5ccccc45)cc3)c3ccc4sc5ccc6c7cc8ccccc8cc7oc6c5c4c3)ccc2c1. The molecule has 0 unspecified atom stereocenters. The maximum atomic E-state index is 6.74. The molecular formula is C48H29NOS. The van der Waals surface area contributed by atoms with E-state index in [-0.39, 0.29) is 0 Å². The fraction of sp³-hybridized carbons (Fsp3) is 0. The Morgan fingerprint density at radius 2 is 1.04 bits per heavy atom. The normalized spacial score (nSPS) is 11.9. The van der Waals surface area contributed by atoms with Gasteiger partial charge in [-0.1, -0.05) is 109 Å². The molecule has 0 amide bonds. The molecule has 0 bridgehead atoms. The summed E-state index contributed by atoms with van der Waals surface area (Å²) in [5, 5.41) is 12.1. The highest BCUT2D eigenvalue weighted by Gasteiger charge is 2.19. The van der Waals surface area contributed by atoms with E-state index in [0.29, 0.717) is 0 Å². The van der Waals surface area contributed by atoms with Gasteiger partial charge in [0, 0.05) is 48.0 Å². The van der Waals surface area contributed by atoms with Crippen LogP contribution < -0.4 is 4.90 Å². The summed E-state index contributed by atoms with van der Waals surface area (Å²) in [5.74, 6) is 0. The van der Waals surface area contributed by atoms with Crippen LogP contribution in [0.2, 0.25) is 0 Å². The third-order valence-electron chi connectivity index (χ3n) is 10.4. The molecule has 0 N–H and O–H groups in total. The van der Waals surface area contributed by atoms with Crippen molar-refractivity contribution in [3.8, 4) is 11.1 Å². The van der Waals surface area contributed by atoms with Crippen LogP contribution in [0.15, 0.2) is 180 Å². The van der Waals surface area contributed by atoms with E-state index in [0.717, 1.165) is 39.0 Å². The molecule has 51 heavy (non-hydrogen) atoms. The minimum Gasteiger partial charge on any atom is -0.455 e. The molecule has 2 heterocycles. The summed E-state index contributed by atoms with van der Waals surface area (Å²) >= 11 is 1.83. The quantitative estimate of drug-likeness (QED) is 0.186. The summed E-state index contributed by atoms with van der Waals surface area (Å²) < 4.78 is 9.22. The van der Waals surface area contributed by atoms with Gasteiger partial charge in [0.1, 0.15) is 11.2 Å². The Hall–Kier alpha value is -6.42. The summed E-state index contributed by atoms with van der Waals surface area (Å²) in [5.41, 5.74) is 7.65. The first-order chi connectivity index (χ1) is 25.2. The Balaban J connectivity index is 1.11. The number of furan rings is 1. The van der Waals surface area contributed by atoms with Gasteiger partial charge in [0.05, 0.1) is 0 Å². The van der Waals surface area contributed by atoms with Crippen LogP contribution in [0.3, 0.4) is 0 Å². The molecule has 0 aliphatic heterocycles. The molecule has 0 spiro atoms. The second kappa shape index (κ2) is 11.0.